The summed E-state index contributed by atoms with van der Waals surface area (Å²) >= 11 is 0. The minimum absolute atomic E-state index is 0.207. The van der Waals surface area contributed by atoms with Gasteiger partial charge < -0.3 is 0 Å². The van der Waals surface area contributed by atoms with Gasteiger partial charge in [-0.3, -0.25) is 4.79 Å². The fraction of sp³-hybridized carbons (Fsp3) is 0. The van der Waals surface area contributed by atoms with Gasteiger partial charge in [0.2, 0.25) is 0 Å². The fourth-order valence-corrected chi connectivity index (χ4v) is 1.70. The Morgan fingerprint density at radius 2 is 2.12 bits per heavy atom. The van der Waals surface area contributed by atoms with Crippen molar-refractivity contribution in [3.8, 4) is 11.1 Å². The maximum Gasteiger partial charge on any atom is 0.272 e. The fourth-order valence-electron chi connectivity index (χ4n) is 1.70. The zero-order valence-corrected chi connectivity index (χ0v) is 8.29. The van der Waals surface area contributed by atoms with Gasteiger partial charge in [-0.2, -0.15) is 10.2 Å². The molecule has 0 aliphatic rings. The molecular formula is C11H8N4O. The number of pyridine rings is 1. The first-order chi connectivity index (χ1) is 7.86. The molecule has 3 heterocycles. The SMILES string of the molecule is O=c1[nH]nccc1-c1cnn2ccccc12. The van der Waals surface area contributed by atoms with Crippen LogP contribution in [0.5, 0.6) is 0 Å². The van der Waals surface area contributed by atoms with Crippen LogP contribution in [0.4, 0.5) is 0 Å². The Morgan fingerprint density at radius 1 is 1.19 bits per heavy atom. The molecule has 3 aromatic heterocycles. The number of nitrogens with one attached hydrogen (secondary N) is 1. The van der Waals surface area contributed by atoms with Crippen LogP contribution in [0.1, 0.15) is 0 Å². The van der Waals surface area contributed by atoms with Crippen molar-refractivity contribution in [1.82, 2.24) is 19.8 Å². The van der Waals surface area contributed by atoms with Crippen molar-refractivity contribution in [3.05, 3.63) is 53.2 Å². The lowest BCUT2D eigenvalue weighted by molar-refractivity contribution is 0.961. The minimum atomic E-state index is -0.207. The van der Waals surface area contributed by atoms with Gasteiger partial charge in [-0.05, 0) is 18.2 Å². The average molecular weight is 212 g/mol. The number of nitrogens with zero attached hydrogens (tertiary/aromatic N) is 3. The van der Waals surface area contributed by atoms with Gasteiger partial charge in [0.05, 0.1) is 17.3 Å². The second-order valence-corrected chi connectivity index (χ2v) is 3.39. The van der Waals surface area contributed by atoms with Crippen molar-refractivity contribution >= 4 is 5.52 Å². The Morgan fingerprint density at radius 3 is 3.00 bits per heavy atom. The molecule has 0 aromatic carbocycles. The van der Waals surface area contributed by atoms with E-state index in [0.29, 0.717) is 5.56 Å². The number of H-pyrrole nitrogens is 1. The first kappa shape index (κ1) is 8.84. The second-order valence-electron chi connectivity index (χ2n) is 3.39. The molecule has 5 nitrogen and oxygen atoms in total. The van der Waals surface area contributed by atoms with Gasteiger partial charge in [-0.1, -0.05) is 6.07 Å². The van der Waals surface area contributed by atoms with E-state index in [-0.39, 0.29) is 5.56 Å². The molecule has 0 unspecified atom stereocenters. The van der Waals surface area contributed by atoms with E-state index in [2.05, 4.69) is 15.3 Å². The molecule has 0 spiro atoms. The Hall–Kier alpha value is -2.43. The number of aromatic nitrogens is 4. The monoisotopic (exact) mass is 212 g/mol. The van der Waals surface area contributed by atoms with E-state index in [0.717, 1.165) is 11.1 Å². The molecule has 0 saturated heterocycles. The van der Waals surface area contributed by atoms with Gasteiger partial charge in [0.25, 0.3) is 5.56 Å². The summed E-state index contributed by atoms with van der Waals surface area (Å²) < 4.78 is 1.73. The summed E-state index contributed by atoms with van der Waals surface area (Å²) in [5.41, 5.74) is 2.08. The van der Waals surface area contributed by atoms with Crippen molar-refractivity contribution in [2.24, 2.45) is 0 Å². The summed E-state index contributed by atoms with van der Waals surface area (Å²) in [6, 6.07) is 7.40. The minimum Gasteiger partial charge on any atom is -0.267 e. The molecule has 0 bridgehead atoms. The van der Waals surface area contributed by atoms with Gasteiger partial charge in [-0.25, -0.2) is 9.61 Å². The molecule has 0 fully saturated rings. The highest BCUT2D eigenvalue weighted by Gasteiger charge is 2.08. The predicted molar refractivity (Wildman–Crippen MR) is 59.0 cm³/mol. The van der Waals surface area contributed by atoms with Gasteiger partial charge in [0, 0.05) is 18.0 Å². The lowest BCUT2D eigenvalue weighted by atomic mass is 10.1. The Balaban J connectivity index is 2.35. The molecule has 3 rings (SSSR count). The van der Waals surface area contributed by atoms with Crippen LogP contribution in [0.25, 0.3) is 16.6 Å². The van der Waals surface area contributed by atoms with Crippen LogP contribution in [0, 0.1) is 0 Å². The first-order valence-corrected chi connectivity index (χ1v) is 4.83. The Labute approximate surface area is 90.4 Å². The van der Waals surface area contributed by atoms with Crippen LogP contribution < -0.4 is 5.56 Å². The molecule has 5 heteroatoms. The molecule has 3 aromatic rings. The molecule has 0 aliphatic carbocycles. The summed E-state index contributed by atoms with van der Waals surface area (Å²) in [4.78, 5) is 11.6. The van der Waals surface area contributed by atoms with Crippen LogP contribution in [-0.2, 0) is 0 Å². The van der Waals surface area contributed by atoms with Crippen molar-refractivity contribution in [1.29, 1.82) is 0 Å². The van der Waals surface area contributed by atoms with E-state index in [1.165, 1.54) is 0 Å². The van der Waals surface area contributed by atoms with Crippen LogP contribution in [0.2, 0.25) is 0 Å². The Kier molecular flexibility index (Phi) is 1.83. The molecule has 0 saturated carbocycles. The average Bonchev–Trinajstić information content (AvgIpc) is 2.74. The molecular weight excluding hydrogens is 204 g/mol. The third-order valence-electron chi connectivity index (χ3n) is 2.44. The normalized spacial score (nSPS) is 10.8. The molecule has 0 atom stereocenters. The predicted octanol–water partition coefficient (Wildman–Crippen LogP) is 1.08. The number of hydrogen-bond donors (Lipinski definition) is 1. The maximum absolute atomic E-state index is 11.6. The van der Waals surface area contributed by atoms with E-state index in [1.54, 1.807) is 23.0 Å². The van der Waals surface area contributed by atoms with Crippen LogP contribution in [-0.4, -0.2) is 19.8 Å². The van der Waals surface area contributed by atoms with E-state index < -0.39 is 0 Å². The molecule has 0 radical (unpaired) electrons. The summed E-state index contributed by atoms with van der Waals surface area (Å²) in [5, 5.41) is 10.3. The highest BCUT2D eigenvalue weighted by molar-refractivity contribution is 5.78. The van der Waals surface area contributed by atoms with Gasteiger partial charge in [0.1, 0.15) is 0 Å². The van der Waals surface area contributed by atoms with Crippen LogP contribution >= 0.6 is 0 Å². The van der Waals surface area contributed by atoms with Gasteiger partial charge in [0.15, 0.2) is 0 Å². The number of aromatic amines is 1. The first-order valence-electron chi connectivity index (χ1n) is 4.83. The second kappa shape index (κ2) is 3.30. The lowest BCUT2D eigenvalue weighted by Crippen LogP contribution is -2.09. The molecule has 0 aliphatic heterocycles. The topological polar surface area (TPSA) is 63.0 Å². The standard InChI is InChI=1S/C11H8N4O/c16-11-8(4-5-12-14-11)9-7-13-15-6-2-1-3-10(9)15/h1-7H,(H,14,16). The summed E-state index contributed by atoms with van der Waals surface area (Å²) in [7, 11) is 0. The third-order valence-corrected chi connectivity index (χ3v) is 2.44. The zero-order valence-electron chi connectivity index (χ0n) is 8.29. The summed E-state index contributed by atoms with van der Waals surface area (Å²) in [6.07, 6.45) is 5.08. The van der Waals surface area contributed by atoms with Crippen molar-refractivity contribution in [2.45, 2.75) is 0 Å². The van der Waals surface area contributed by atoms with E-state index in [9.17, 15) is 4.79 Å². The number of fused-ring (bicyclic) bond motifs is 1. The molecule has 1 N–H and O–H groups in total. The highest BCUT2D eigenvalue weighted by atomic mass is 16.1. The largest absolute Gasteiger partial charge is 0.272 e. The maximum atomic E-state index is 11.6. The lowest BCUT2D eigenvalue weighted by Gasteiger charge is -1.96. The quantitative estimate of drug-likeness (QED) is 0.656. The smallest absolute Gasteiger partial charge is 0.267 e. The van der Waals surface area contributed by atoms with Crippen molar-refractivity contribution < 1.29 is 0 Å². The zero-order chi connectivity index (χ0) is 11.0. The molecule has 78 valence electrons. The summed E-state index contributed by atoms with van der Waals surface area (Å²) in [6.45, 7) is 0. The van der Waals surface area contributed by atoms with Gasteiger partial charge in [-0.15, -0.1) is 0 Å². The number of rotatable bonds is 1. The van der Waals surface area contributed by atoms with Crippen LogP contribution in [0.15, 0.2) is 47.7 Å². The van der Waals surface area contributed by atoms with Gasteiger partial charge >= 0.3 is 0 Å². The molecule has 16 heavy (non-hydrogen) atoms. The van der Waals surface area contributed by atoms with E-state index in [4.69, 9.17) is 0 Å². The van der Waals surface area contributed by atoms with Crippen molar-refractivity contribution in [2.75, 3.05) is 0 Å². The van der Waals surface area contributed by atoms with E-state index in [1.807, 2.05) is 24.4 Å². The van der Waals surface area contributed by atoms with E-state index >= 15 is 0 Å². The molecule has 0 amide bonds. The Bertz CT molecular complexity index is 698. The summed E-state index contributed by atoms with van der Waals surface area (Å²) in [5.74, 6) is 0. The van der Waals surface area contributed by atoms with Crippen molar-refractivity contribution in [3.63, 3.8) is 0 Å². The number of hydrogen-bond acceptors (Lipinski definition) is 3. The third kappa shape index (κ3) is 1.22. The highest BCUT2D eigenvalue weighted by Crippen LogP contribution is 2.20. The van der Waals surface area contributed by atoms with Crippen LogP contribution in [0.3, 0.4) is 0 Å².